The Balaban J connectivity index is 2.00. The fourth-order valence-electron chi connectivity index (χ4n) is 2.60. The second kappa shape index (κ2) is 8.31. The Morgan fingerprint density at radius 1 is 0.857 bits per heavy atom. The van der Waals surface area contributed by atoms with Gasteiger partial charge in [0.25, 0.3) is 0 Å². The van der Waals surface area contributed by atoms with Gasteiger partial charge in [0, 0.05) is 23.0 Å². The van der Waals surface area contributed by atoms with Crippen LogP contribution in [0.4, 0.5) is 18.9 Å². The molecule has 142 valence electrons. The highest BCUT2D eigenvalue weighted by Crippen LogP contribution is 2.36. The number of hydrogen-bond acceptors (Lipinski definition) is 2. The molecule has 0 heterocycles. The van der Waals surface area contributed by atoms with Crippen LogP contribution in [0, 0.1) is 0 Å². The van der Waals surface area contributed by atoms with Crippen LogP contribution in [0.2, 0.25) is 5.02 Å². The largest absolute Gasteiger partial charge is 0.417 e. The van der Waals surface area contributed by atoms with Crippen molar-refractivity contribution in [2.75, 3.05) is 5.32 Å². The van der Waals surface area contributed by atoms with Crippen molar-refractivity contribution >= 4 is 28.8 Å². The quantitative estimate of drug-likeness (QED) is 0.381. The summed E-state index contributed by atoms with van der Waals surface area (Å²) in [5.74, 6) is -0.267. The van der Waals surface area contributed by atoms with Gasteiger partial charge in [-0.3, -0.25) is 4.79 Å². The van der Waals surface area contributed by atoms with Gasteiger partial charge in [0.05, 0.1) is 10.6 Å². The molecule has 28 heavy (non-hydrogen) atoms. The summed E-state index contributed by atoms with van der Waals surface area (Å²) < 4.78 is 39.4. The van der Waals surface area contributed by atoms with Crippen LogP contribution in [0.1, 0.15) is 21.5 Å². The van der Waals surface area contributed by atoms with E-state index in [0.29, 0.717) is 16.8 Å². The third kappa shape index (κ3) is 4.81. The van der Waals surface area contributed by atoms with E-state index in [4.69, 9.17) is 11.6 Å². The van der Waals surface area contributed by atoms with Gasteiger partial charge in [0.1, 0.15) is 0 Å². The van der Waals surface area contributed by atoms with E-state index in [-0.39, 0.29) is 16.5 Å². The average Bonchev–Trinajstić information content (AvgIpc) is 2.69. The Morgan fingerprint density at radius 2 is 1.43 bits per heavy atom. The molecular weight excluding hydrogens is 387 g/mol. The minimum Gasteiger partial charge on any atom is -0.355 e. The van der Waals surface area contributed by atoms with Gasteiger partial charge in [-0.1, -0.05) is 72.3 Å². The number of anilines is 1. The first-order valence-corrected chi connectivity index (χ1v) is 8.72. The number of benzene rings is 3. The molecule has 0 spiro atoms. The van der Waals surface area contributed by atoms with Crippen LogP contribution in [-0.2, 0) is 6.18 Å². The van der Waals surface area contributed by atoms with Gasteiger partial charge in [0.2, 0.25) is 0 Å². The van der Waals surface area contributed by atoms with Crippen molar-refractivity contribution in [3.8, 4) is 0 Å². The highest BCUT2D eigenvalue weighted by Gasteiger charge is 2.33. The maximum Gasteiger partial charge on any atom is 0.417 e. The molecule has 0 radical (unpaired) electrons. The molecule has 3 aromatic rings. The maximum atomic E-state index is 13.1. The van der Waals surface area contributed by atoms with Gasteiger partial charge in [0.15, 0.2) is 5.78 Å². The predicted octanol–water partition coefficient (Wildman–Crippen LogP) is 6.69. The molecule has 0 unspecified atom stereocenters. The Hall–Kier alpha value is -3.05. The number of rotatable bonds is 5. The summed E-state index contributed by atoms with van der Waals surface area (Å²) in [5.41, 5.74) is 0.749. The van der Waals surface area contributed by atoms with Gasteiger partial charge in [-0.05, 0) is 23.8 Å². The molecule has 3 aromatic carbocycles. The van der Waals surface area contributed by atoms with Crippen LogP contribution in [0.25, 0.3) is 5.70 Å². The highest BCUT2D eigenvalue weighted by molar-refractivity contribution is 6.31. The van der Waals surface area contributed by atoms with E-state index in [0.717, 1.165) is 6.07 Å². The lowest BCUT2D eigenvalue weighted by molar-refractivity contribution is -0.137. The van der Waals surface area contributed by atoms with Crippen molar-refractivity contribution in [2.24, 2.45) is 0 Å². The zero-order chi connectivity index (χ0) is 20.1. The van der Waals surface area contributed by atoms with Crippen LogP contribution in [-0.4, -0.2) is 5.78 Å². The Bertz CT molecular complexity index is 999. The van der Waals surface area contributed by atoms with E-state index in [1.807, 2.05) is 6.07 Å². The molecule has 0 bridgehead atoms. The Labute approximate surface area is 165 Å². The number of carbonyl (C=O) groups is 1. The van der Waals surface area contributed by atoms with Crippen LogP contribution >= 0.6 is 11.6 Å². The molecule has 1 N–H and O–H groups in total. The molecule has 2 nitrogen and oxygen atoms in total. The minimum absolute atomic E-state index is 0.174. The maximum absolute atomic E-state index is 13.1. The molecule has 0 atom stereocenters. The fourth-order valence-corrected chi connectivity index (χ4v) is 2.83. The zero-order valence-corrected chi connectivity index (χ0v) is 15.3. The van der Waals surface area contributed by atoms with E-state index >= 15 is 0 Å². The number of hydrogen-bond donors (Lipinski definition) is 1. The first-order chi connectivity index (χ1) is 13.3. The predicted molar refractivity (Wildman–Crippen MR) is 105 cm³/mol. The first kappa shape index (κ1) is 19.7. The summed E-state index contributed by atoms with van der Waals surface area (Å²) in [6, 6.07) is 21.0. The van der Waals surface area contributed by atoms with Gasteiger partial charge < -0.3 is 5.32 Å². The molecule has 0 amide bonds. The lowest BCUT2D eigenvalue weighted by Gasteiger charge is -2.15. The van der Waals surface area contributed by atoms with Crippen LogP contribution < -0.4 is 5.32 Å². The van der Waals surface area contributed by atoms with E-state index in [9.17, 15) is 18.0 Å². The normalized spacial score (nSPS) is 11.9. The van der Waals surface area contributed by atoms with Crippen molar-refractivity contribution in [3.63, 3.8) is 0 Å². The van der Waals surface area contributed by atoms with Crippen molar-refractivity contribution in [1.82, 2.24) is 0 Å². The zero-order valence-electron chi connectivity index (χ0n) is 14.5. The summed E-state index contributed by atoms with van der Waals surface area (Å²) in [6.45, 7) is 0. The highest BCUT2D eigenvalue weighted by atomic mass is 35.5. The second-order valence-electron chi connectivity index (χ2n) is 5.97. The van der Waals surface area contributed by atoms with Gasteiger partial charge >= 0.3 is 6.18 Å². The van der Waals surface area contributed by atoms with Crippen LogP contribution in [0.3, 0.4) is 0 Å². The van der Waals surface area contributed by atoms with Crippen molar-refractivity contribution in [3.05, 3.63) is 107 Å². The van der Waals surface area contributed by atoms with Crippen molar-refractivity contribution in [1.29, 1.82) is 0 Å². The molecule has 0 aliphatic carbocycles. The number of alkyl halides is 3. The van der Waals surface area contributed by atoms with Crippen molar-refractivity contribution in [2.45, 2.75) is 6.18 Å². The Morgan fingerprint density at radius 3 is 2.00 bits per heavy atom. The molecule has 0 saturated heterocycles. The smallest absolute Gasteiger partial charge is 0.355 e. The van der Waals surface area contributed by atoms with Gasteiger partial charge in [-0.2, -0.15) is 13.2 Å². The number of halogens is 4. The molecule has 0 aromatic heterocycles. The Kier molecular flexibility index (Phi) is 5.85. The molecule has 0 aliphatic rings. The summed E-state index contributed by atoms with van der Waals surface area (Å²) in [4.78, 5) is 12.6. The lowest BCUT2D eigenvalue weighted by atomic mass is 10.1. The topological polar surface area (TPSA) is 29.1 Å². The number of nitrogens with one attached hydrogen (secondary N) is 1. The fraction of sp³-hybridized carbons (Fsp3) is 0.0455. The third-order valence-corrected chi connectivity index (χ3v) is 4.30. The summed E-state index contributed by atoms with van der Waals surface area (Å²) in [7, 11) is 0. The summed E-state index contributed by atoms with van der Waals surface area (Å²) in [5, 5.41) is 2.53. The standard InChI is InChI=1S/C22H15ClF3NO/c23-19-12-11-17(13-18(19)22(24,25)26)27-20(15-7-3-1-4-8-15)14-21(28)16-9-5-2-6-10-16/h1-14,27H/b20-14-. The second-order valence-corrected chi connectivity index (χ2v) is 6.38. The van der Waals surface area contributed by atoms with E-state index < -0.39 is 11.7 Å². The third-order valence-electron chi connectivity index (χ3n) is 3.97. The average molecular weight is 402 g/mol. The monoisotopic (exact) mass is 401 g/mol. The first-order valence-electron chi connectivity index (χ1n) is 8.35. The van der Waals surface area contributed by atoms with E-state index in [2.05, 4.69) is 5.32 Å². The molecule has 0 aliphatic heterocycles. The number of carbonyl (C=O) groups excluding carboxylic acids is 1. The van der Waals surface area contributed by atoms with Gasteiger partial charge in [-0.15, -0.1) is 0 Å². The molecule has 0 fully saturated rings. The summed E-state index contributed by atoms with van der Waals surface area (Å²) >= 11 is 5.68. The van der Waals surface area contributed by atoms with Crippen LogP contribution in [0.15, 0.2) is 84.9 Å². The molecule has 6 heteroatoms. The lowest BCUT2D eigenvalue weighted by Crippen LogP contribution is -2.08. The number of allylic oxidation sites excluding steroid dienone is 1. The van der Waals surface area contributed by atoms with E-state index in [1.165, 1.54) is 18.2 Å². The SMILES string of the molecule is O=C(/C=C(\Nc1ccc(Cl)c(C(F)(F)F)c1)c1ccccc1)c1ccccc1. The van der Waals surface area contributed by atoms with E-state index in [1.54, 1.807) is 54.6 Å². The van der Waals surface area contributed by atoms with Gasteiger partial charge in [-0.25, -0.2) is 0 Å². The van der Waals surface area contributed by atoms with Crippen LogP contribution in [0.5, 0.6) is 0 Å². The molecular formula is C22H15ClF3NO. The summed E-state index contributed by atoms with van der Waals surface area (Å²) in [6.07, 6.45) is -3.21. The molecule has 0 saturated carbocycles. The number of ketones is 1. The minimum atomic E-state index is -4.58. The van der Waals surface area contributed by atoms with Crippen molar-refractivity contribution < 1.29 is 18.0 Å². The molecule has 3 rings (SSSR count).